The number of nitrogens with one attached hydrogen (secondary N) is 1. The normalized spacial score (nSPS) is 15.4. The summed E-state index contributed by atoms with van der Waals surface area (Å²) in [5.41, 5.74) is 1.79. The number of carbonyl (C=O) groups is 1. The molecule has 1 amide bonds. The average Bonchev–Trinajstić information content (AvgIpc) is 3.07. The highest BCUT2D eigenvalue weighted by Crippen LogP contribution is 2.41. The molecule has 0 fully saturated rings. The van der Waals surface area contributed by atoms with Crippen LogP contribution in [0.2, 0.25) is 0 Å². The van der Waals surface area contributed by atoms with E-state index in [0.717, 1.165) is 23.4 Å². The summed E-state index contributed by atoms with van der Waals surface area (Å²) in [7, 11) is 0. The Balaban J connectivity index is 1.61. The zero-order valence-corrected chi connectivity index (χ0v) is 16.1. The zero-order valence-electron chi connectivity index (χ0n) is 15.3. The lowest BCUT2D eigenvalue weighted by Crippen LogP contribution is -2.25. The van der Waals surface area contributed by atoms with Crippen LogP contribution in [-0.2, 0) is 16.6 Å². The fourth-order valence-corrected chi connectivity index (χ4v) is 3.63. The molecule has 1 aliphatic heterocycles. The Kier molecular flexibility index (Phi) is 4.49. The van der Waals surface area contributed by atoms with Crippen molar-refractivity contribution in [2.75, 3.05) is 11.9 Å². The van der Waals surface area contributed by atoms with Gasteiger partial charge in [-0.2, -0.15) is 0 Å². The molecule has 6 heteroatoms. The Morgan fingerprint density at radius 1 is 1.40 bits per heavy atom. The minimum Gasteiger partial charge on any atom is -0.483 e. The molecule has 1 aliphatic rings. The summed E-state index contributed by atoms with van der Waals surface area (Å²) in [6.45, 7) is 10.3. The molecule has 0 saturated heterocycles. The van der Waals surface area contributed by atoms with E-state index in [2.05, 4.69) is 31.1 Å². The first-order valence-corrected chi connectivity index (χ1v) is 9.22. The molecule has 2 heterocycles. The van der Waals surface area contributed by atoms with Gasteiger partial charge in [0, 0.05) is 22.8 Å². The van der Waals surface area contributed by atoms with Crippen LogP contribution in [0.3, 0.4) is 0 Å². The number of hydrogen-bond donors (Lipinski definition) is 1. The zero-order chi connectivity index (χ0) is 18.2. The van der Waals surface area contributed by atoms with Gasteiger partial charge in [-0.05, 0) is 19.9 Å². The van der Waals surface area contributed by atoms with Crippen molar-refractivity contribution in [2.45, 2.75) is 52.1 Å². The summed E-state index contributed by atoms with van der Waals surface area (Å²) in [6.07, 6.45) is 0.834. The van der Waals surface area contributed by atoms with Crippen LogP contribution in [0.4, 0.5) is 5.13 Å². The minimum absolute atomic E-state index is 0.0370. The lowest BCUT2D eigenvalue weighted by Gasteiger charge is -2.18. The summed E-state index contributed by atoms with van der Waals surface area (Å²) in [4.78, 5) is 16.6. The maximum atomic E-state index is 12.2. The molecule has 134 valence electrons. The monoisotopic (exact) mass is 360 g/mol. The van der Waals surface area contributed by atoms with Crippen molar-refractivity contribution in [3.63, 3.8) is 0 Å². The Bertz CT molecular complexity index is 790. The van der Waals surface area contributed by atoms with Crippen LogP contribution in [0.1, 0.15) is 45.9 Å². The first kappa shape index (κ1) is 17.7. The lowest BCUT2D eigenvalue weighted by atomic mass is 9.93. The number of rotatable bonds is 4. The number of anilines is 1. The van der Waals surface area contributed by atoms with Gasteiger partial charge in [-0.3, -0.25) is 10.1 Å². The molecule has 5 nitrogen and oxygen atoms in total. The van der Waals surface area contributed by atoms with Crippen molar-refractivity contribution in [2.24, 2.45) is 0 Å². The van der Waals surface area contributed by atoms with Crippen molar-refractivity contribution >= 4 is 22.4 Å². The number of carbonyl (C=O) groups excluding carboxylic acids is 1. The first-order chi connectivity index (χ1) is 11.6. The predicted octanol–water partition coefficient (Wildman–Crippen LogP) is 4.17. The molecule has 0 bridgehead atoms. The molecule has 3 rings (SSSR count). The summed E-state index contributed by atoms with van der Waals surface area (Å²) in [6, 6.07) is 5.78. The second-order valence-electron chi connectivity index (χ2n) is 7.91. The van der Waals surface area contributed by atoms with Crippen LogP contribution in [0.25, 0.3) is 0 Å². The van der Waals surface area contributed by atoms with Crippen molar-refractivity contribution in [3.8, 4) is 11.5 Å². The van der Waals surface area contributed by atoms with Gasteiger partial charge in [0.1, 0.15) is 5.60 Å². The van der Waals surface area contributed by atoms with Crippen molar-refractivity contribution in [1.82, 2.24) is 4.98 Å². The highest BCUT2D eigenvalue weighted by molar-refractivity contribution is 7.13. The number of thiazole rings is 1. The van der Waals surface area contributed by atoms with Crippen LogP contribution < -0.4 is 14.8 Å². The van der Waals surface area contributed by atoms with Crippen LogP contribution in [-0.4, -0.2) is 23.1 Å². The Hall–Kier alpha value is -2.08. The summed E-state index contributed by atoms with van der Waals surface area (Å²) < 4.78 is 11.6. The smallest absolute Gasteiger partial charge is 0.264 e. The van der Waals surface area contributed by atoms with E-state index in [1.807, 2.05) is 37.4 Å². The molecule has 0 radical (unpaired) electrons. The first-order valence-electron chi connectivity index (χ1n) is 8.34. The van der Waals surface area contributed by atoms with Gasteiger partial charge in [0.15, 0.2) is 23.2 Å². The Morgan fingerprint density at radius 3 is 2.84 bits per heavy atom. The average molecular weight is 360 g/mol. The number of hydrogen-bond acceptors (Lipinski definition) is 5. The SMILES string of the molecule is CC1(C)Cc2cccc(OCC(=O)Nc3nc(C(C)(C)C)cs3)c2O1. The Morgan fingerprint density at radius 2 is 2.16 bits per heavy atom. The van der Waals surface area contributed by atoms with E-state index in [0.29, 0.717) is 10.9 Å². The number of nitrogens with zero attached hydrogens (tertiary/aromatic N) is 1. The predicted molar refractivity (Wildman–Crippen MR) is 99.8 cm³/mol. The number of amides is 1. The second-order valence-corrected chi connectivity index (χ2v) is 8.77. The molecule has 2 aromatic rings. The standard InChI is InChI=1S/C19H24N2O3S/c1-18(2,3)14-11-25-17(20-14)21-15(22)10-23-13-8-6-7-12-9-19(4,5)24-16(12)13/h6-8,11H,9-10H2,1-5H3,(H,20,21,22). The molecular formula is C19H24N2O3S. The third-order valence-corrected chi connectivity index (χ3v) is 4.69. The van der Waals surface area contributed by atoms with Crippen LogP contribution >= 0.6 is 11.3 Å². The molecule has 1 aromatic heterocycles. The van der Waals surface area contributed by atoms with Crippen LogP contribution in [0.5, 0.6) is 11.5 Å². The fourth-order valence-electron chi connectivity index (χ4n) is 2.68. The van der Waals surface area contributed by atoms with E-state index in [1.165, 1.54) is 11.3 Å². The molecule has 0 aliphatic carbocycles. The quantitative estimate of drug-likeness (QED) is 0.889. The molecular weight excluding hydrogens is 336 g/mol. The van der Waals surface area contributed by atoms with Crippen molar-refractivity contribution < 1.29 is 14.3 Å². The van der Waals surface area contributed by atoms with E-state index >= 15 is 0 Å². The van der Waals surface area contributed by atoms with E-state index in [-0.39, 0.29) is 23.5 Å². The minimum atomic E-state index is -0.242. The van der Waals surface area contributed by atoms with E-state index in [9.17, 15) is 4.79 Å². The van der Waals surface area contributed by atoms with Gasteiger partial charge >= 0.3 is 0 Å². The number of ether oxygens (including phenoxy) is 2. The molecule has 25 heavy (non-hydrogen) atoms. The van der Waals surface area contributed by atoms with Gasteiger partial charge in [-0.25, -0.2) is 4.98 Å². The molecule has 1 aromatic carbocycles. The summed E-state index contributed by atoms with van der Waals surface area (Å²) >= 11 is 1.42. The van der Waals surface area contributed by atoms with Gasteiger partial charge in [0.05, 0.1) is 5.69 Å². The molecule has 0 unspecified atom stereocenters. The molecule has 0 atom stereocenters. The van der Waals surface area contributed by atoms with E-state index in [4.69, 9.17) is 9.47 Å². The Labute approximate surface area is 152 Å². The largest absolute Gasteiger partial charge is 0.483 e. The van der Waals surface area contributed by atoms with E-state index in [1.54, 1.807) is 0 Å². The molecule has 0 saturated carbocycles. The highest BCUT2D eigenvalue weighted by Gasteiger charge is 2.32. The maximum absolute atomic E-state index is 12.2. The van der Waals surface area contributed by atoms with Gasteiger partial charge in [0.25, 0.3) is 5.91 Å². The van der Waals surface area contributed by atoms with Crippen LogP contribution in [0.15, 0.2) is 23.6 Å². The third kappa shape index (κ3) is 4.12. The van der Waals surface area contributed by atoms with Gasteiger partial charge < -0.3 is 9.47 Å². The number of aromatic nitrogens is 1. The third-order valence-electron chi connectivity index (χ3n) is 3.93. The van der Waals surface area contributed by atoms with Gasteiger partial charge in [-0.1, -0.05) is 32.9 Å². The van der Waals surface area contributed by atoms with Crippen molar-refractivity contribution in [1.29, 1.82) is 0 Å². The van der Waals surface area contributed by atoms with Crippen LogP contribution in [0, 0.1) is 0 Å². The van der Waals surface area contributed by atoms with E-state index < -0.39 is 0 Å². The lowest BCUT2D eigenvalue weighted by molar-refractivity contribution is -0.118. The number of benzene rings is 1. The molecule has 1 N–H and O–H groups in total. The van der Waals surface area contributed by atoms with Crippen molar-refractivity contribution in [3.05, 3.63) is 34.8 Å². The number of fused-ring (bicyclic) bond motifs is 1. The molecule has 0 spiro atoms. The highest BCUT2D eigenvalue weighted by atomic mass is 32.1. The summed E-state index contributed by atoms with van der Waals surface area (Å²) in [5.74, 6) is 1.11. The number of para-hydroxylation sites is 1. The maximum Gasteiger partial charge on any atom is 0.264 e. The summed E-state index contributed by atoms with van der Waals surface area (Å²) in [5, 5.41) is 5.35. The van der Waals surface area contributed by atoms with Gasteiger partial charge in [0.2, 0.25) is 0 Å². The second kappa shape index (κ2) is 6.33. The fraction of sp³-hybridized carbons (Fsp3) is 0.474. The topological polar surface area (TPSA) is 60.5 Å². The van der Waals surface area contributed by atoms with Gasteiger partial charge in [-0.15, -0.1) is 11.3 Å².